The second-order valence-electron chi connectivity index (χ2n) is 7.18. The van der Waals surface area contributed by atoms with Gasteiger partial charge >= 0.3 is 0 Å². The summed E-state index contributed by atoms with van der Waals surface area (Å²) in [5.41, 5.74) is 0.999. The normalized spacial score (nSPS) is 19.0. The van der Waals surface area contributed by atoms with Crippen LogP contribution in [-0.2, 0) is 10.0 Å². The molecule has 25 heavy (non-hydrogen) atoms. The number of hydrogen-bond donors (Lipinski definition) is 1. The molecule has 1 heterocycles. The maximum Gasteiger partial charge on any atom is 0.243 e. The molecule has 1 aliphatic heterocycles. The molecule has 1 aliphatic rings. The maximum atomic E-state index is 12.8. The third-order valence-corrected chi connectivity index (χ3v) is 7.09. The Hall–Kier alpha value is -1.07. The van der Waals surface area contributed by atoms with Crippen molar-refractivity contribution in [3.63, 3.8) is 0 Å². The van der Waals surface area contributed by atoms with Crippen molar-refractivity contribution in [2.24, 2.45) is 0 Å². The van der Waals surface area contributed by atoms with Crippen molar-refractivity contribution < 1.29 is 8.42 Å². The molecule has 1 saturated heterocycles. The van der Waals surface area contributed by atoms with Crippen molar-refractivity contribution in [2.75, 3.05) is 18.4 Å². The average Bonchev–Trinajstić information content (AvgIpc) is 2.61. The zero-order valence-corrected chi connectivity index (χ0v) is 16.7. The SMILES string of the molecule is CCCCCCCCNc1ccc(S(=O)(=O)N2CCCCC2C)cc1. The number of nitrogens with zero attached hydrogens (tertiary/aromatic N) is 1. The van der Waals surface area contributed by atoms with E-state index in [1.165, 1.54) is 32.1 Å². The summed E-state index contributed by atoms with van der Waals surface area (Å²) in [6, 6.07) is 7.35. The Kier molecular flexibility index (Phi) is 8.24. The van der Waals surface area contributed by atoms with Gasteiger partial charge in [0.1, 0.15) is 0 Å². The molecule has 1 N–H and O–H groups in total. The minimum atomic E-state index is -3.36. The molecule has 5 heteroatoms. The number of anilines is 1. The number of sulfonamides is 1. The van der Waals surface area contributed by atoms with Gasteiger partial charge in [-0.3, -0.25) is 0 Å². The van der Waals surface area contributed by atoms with Crippen molar-refractivity contribution in [1.82, 2.24) is 4.31 Å². The highest BCUT2D eigenvalue weighted by Crippen LogP contribution is 2.25. The minimum Gasteiger partial charge on any atom is -0.385 e. The molecule has 0 radical (unpaired) electrons. The van der Waals surface area contributed by atoms with E-state index in [-0.39, 0.29) is 6.04 Å². The Labute approximate surface area is 154 Å². The third-order valence-electron chi connectivity index (χ3n) is 5.06. The zero-order valence-electron chi connectivity index (χ0n) is 15.8. The Morgan fingerprint density at radius 3 is 2.40 bits per heavy atom. The fourth-order valence-electron chi connectivity index (χ4n) is 3.45. The first-order valence-corrected chi connectivity index (χ1v) is 11.4. The predicted molar refractivity (Wildman–Crippen MR) is 106 cm³/mol. The van der Waals surface area contributed by atoms with Crippen molar-refractivity contribution in [3.8, 4) is 0 Å². The summed E-state index contributed by atoms with van der Waals surface area (Å²) >= 11 is 0. The lowest BCUT2D eigenvalue weighted by atomic mass is 10.1. The molecule has 0 amide bonds. The quantitative estimate of drug-likeness (QED) is 0.591. The van der Waals surface area contributed by atoms with Crippen molar-refractivity contribution in [3.05, 3.63) is 24.3 Å². The van der Waals surface area contributed by atoms with E-state index in [9.17, 15) is 8.42 Å². The summed E-state index contributed by atoms with van der Waals surface area (Å²) in [7, 11) is -3.36. The molecule has 0 bridgehead atoms. The lowest BCUT2D eigenvalue weighted by Crippen LogP contribution is -2.41. The summed E-state index contributed by atoms with van der Waals surface area (Å²) in [6.07, 6.45) is 10.7. The van der Waals surface area contributed by atoms with Gasteiger partial charge < -0.3 is 5.32 Å². The van der Waals surface area contributed by atoms with Crippen LogP contribution in [0.2, 0.25) is 0 Å². The van der Waals surface area contributed by atoms with E-state index in [1.54, 1.807) is 16.4 Å². The van der Waals surface area contributed by atoms with Crippen LogP contribution in [-0.4, -0.2) is 31.9 Å². The van der Waals surface area contributed by atoms with Crippen LogP contribution in [0.25, 0.3) is 0 Å². The molecular formula is C20H34N2O2S. The van der Waals surface area contributed by atoms with E-state index < -0.39 is 10.0 Å². The highest BCUT2D eigenvalue weighted by Gasteiger charge is 2.30. The Morgan fingerprint density at radius 1 is 1.04 bits per heavy atom. The van der Waals surface area contributed by atoms with Gasteiger partial charge in [0.05, 0.1) is 4.90 Å². The zero-order chi connectivity index (χ0) is 18.1. The molecule has 4 nitrogen and oxygen atoms in total. The molecule has 0 spiro atoms. The Bertz CT molecular complexity index is 599. The van der Waals surface area contributed by atoms with Gasteiger partial charge in [0, 0.05) is 24.8 Å². The van der Waals surface area contributed by atoms with Crippen LogP contribution in [0.15, 0.2) is 29.2 Å². The predicted octanol–water partition coefficient (Wildman–Crippen LogP) is 5.02. The van der Waals surface area contributed by atoms with Gasteiger partial charge in [-0.1, -0.05) is 45.4 Å². The summed E-state index contributed by atoms with van der Waals surface area (Å²) in [4.78, 5) is 0.409. The molecular weight excluding hydrogens is 332 g/mol. The summed E-state index contributed by atoms with van der Waals surface area (Å²) < 4.78 is 27.3. The summed E-state index contributed by atoms with van der Waals surface area (Å²) in [5, 5.41) is 3.39. The third kappa shape index (κ3) is 6.00. The number of piperidine rings is 1. The van der Waals surface area contributed by atoms with Gasteiger partial charge in [-0.05, 0) is 50.5 Å². The molecule has 142 valence electrons. The molecule has 1 aromatic rings. The monoisotopic (exact) mass is 366 g/mol. The smallest absolute Gasteiger partial charge is 0.243 e. The van der Waals surface area contributed by atoms with Gasteiger partial charge in [0.25, 0.3) is 0 Å². The molecule has 1 atom stereocenters. The molecule has 1 fully saturated rings. The standard InChI is InChI=1S/C20H34N2O2S/c1-3-4-5-6-7-9-16-21-19-12-14-20(15-13-19)25(23,24)22-17-10-8-11-18(22)2/h12-15,18,21H,3-11,16-17H2,1-2H3. The first-order valence-electron chi connectivity index (χ1n) is 9.91. The topological polar surface area (TPSA) is 49.4 Å². The van der Waals surface area contributed by atoms with Crippen molar-refractivity contribution in [1.29, 1.82) is 0 Å². The number of nitrogens with one attached hydrogen (secondary N) is 1. The van der Waals surface area contributed by atoms with Crippen LogP contribution in [0.5, 0.6) is 0 Å². The molecule has 0 aliphatic carbocycles. The van der Waals surface area contributed by atoms with E-state index in [4.69, 9.17) is 0 Å². The van der Waals surface area contributed by atoms with Crippen LogP contribution in [0, 0.1) is 0 Å². The molecule has 0 saturated carbocycles. The van der Waals surface area contributed by atoms with Crippen LogP contribution < -0.4 is 5.32 Å². The number of unbranched alkanes of at least 4 members (excludes halogenated alkanes) is 5. The Balaban J connectivity index is 1.82. The fraction of sp³-hybridized carbons (Fsp3) is 0.700. The van der Waals surface area contributed by atoms with E-state index in [0.29, 0.717) is 11.4 Å². The molecule has 2 rings (SSSR count). The first-order chi connectivity index (χ1) is 12.1. The summed E-state index contributed by atoms with van der Waals surface area (Å²) in [6.45, 7) is 5.83. The molecule has 1 aromatic carbocycles. The largest absolute Gasteiger partial charge is 0.385 e. The first kappa shape index (κ1) is 20.2. The average molecular weight is 367 g/mol. The molecule has 0 aromatic heterocycles. The van der Waals surface area contributed by atoms with E-state index in [2.05, 4.69) is 12.2 Å². The van der Waals surface area contributed by atoms with Gasteiger partial charge in [0.15, 0.2) is 0 Å². The number of benzene rings is 1. The number of hydrogen-bond acceptors (Lipinski definition) is 3. The second kappa shape index (κ2) is 10.2. The Morgan fingerprint density at radius 2 is 1.72 bits per heavy atom. The number of rotatable bonds is 10. The van der Waals surface area contributed by atoms with E-state index >= 15 is 0 Å². The van der Waals surface area contributed by atoms with E-state index in [0.717, 1.165) is 37.9 Å². The van der Waals surface area contributed by atoms with Crippen LogP contribution >= 0.6 is 0 Å². The van der Waals surface area contributed by atoms with Crippen molar-refractivity contribution >= 4 is 15.7 Å². The fourth-order valence-corrected chi connectivity index (χ4v) is 5.15. The maximum absolute atomic E-state index is 12.8. The van der Waals surface area contributed by atoms with Crippen LogP contribution in [0.3, 0.4) is 0 Å². The van der Waals surface area contributed by atoms with Gasteiger partial charge in [0.2, 0.25) is 10.0 Å². The van der Waals surface area contributed by atoms with Crippen LogP contribution in [0.1, 0.15) is 71.6 Å². The van der Waals surface area contributed by atoms with Crippen LogP contribution in [0.4, 0.5) is 5.69 Å². The lowest BCUT2D eigenvalue weighted by molar-refractivity contribution is 0.268. The van der Waals surface area contributed by atoms with Gasteiger partial charge in [-0.25, -0.2) is 8.42 Å². The minimum absolute atomic E-state index is 0.101. The highest BCUT2D eigenvalue weighted by molar-refractivity contribution is 7.89. The molecule has 1 unspecified atom stereocenters. The highest BCUT2D eigenvalue weighted by atomic mass is 32.2. The summed E-state index contributed by atoms with van der Waals surface area (Å²) in [5.74, 6) is 0. The van der Waals surface area contributed by atoms with E-state index in [1.807, 2.05) is 19.1 Å². The lowest BCUT2D eigenvalue weighted by Gasteiger charge is -2.32. The van der Waals surface area contributed by atoms with Crippen molar-refractivity contribution in [2.45, 2.75) is 82.6 Å². The van der Waals surface area contributed by atoms with Gasteiger partial charge in [-0.15, -0.1) is 0 Å². The second-order valence-corrected chi connectivity index (χ2v) is 9.07. The van der Waals surface area contributed by atoms with Gasteiger partial charge in [-0.2, -0.15) is 4.31 Å².